The molecule has 0 radical (unpaired) electrons. The molecule has 0 bridgehead atoms. The summed E-state index contributed by atoms with van der Waals surface area (Å²) < 4.78 is 2.11. The molecular weight excluding hydrogens is 344 g/mol. The monoisotopic (exact) mass is 362 g/mol. The molecule has 0 aliphatic heterocycles. The molecule has 0 aromatic carbocycles. The molecule has 4 aromatic rings. The zero-order chi connectivity index (χ0) is 17.8. The Morgan fingerprint density at radius 1 is 1.12 bits per heavy atom. The second-order valence-corrected chi connectivity index (χ2v) is 6.97. The number of carbonyl (C=O) groups excluding carboxylic acids is 1. The van der Waals surface area contributed by atoms with Gasteiger partial charge in [-0.15, -0.1) is 11.3 Å². The van der Waals surface area contributed by atoms with Gasteiger partial charge >= 0.3 is 0 Å². The molecule has 130 valence electrons. The van der Waals surface area contributed by atoms with E-state index in [4.69, 9.17) is 0 Å². The number of amides is 1. The summed E-state index contributed by atoms with van der Waals surface area (Å²) in [6.45, 7) is 1.16. The van der Waals surface area contributed by atoms with E-state index in [1.807, 2.05) is 41.8 Å². The fraction of sp³-hybridized carbons (Fsp3) is 0.150. The summed E-state index contributed by atoms with van der Waals surface area (Å²) in [5, 5.41) is 6.06. The highest BCUT2D eigenvalue weighted by Crippen LogP contribution is 2.27. The molecule has 0 atom stereocenters. The molecule has 1 amide bonds. The Morgan fingerprint density at radius 2 is 2.00 bits per heavy atom. The number of hydrogen-bond donors (Lipinski definition) is 1. The second-order valence-electron chi connectivity index (χ2n) is 5.94. The van der Waals surface area contributed by atoms with E-state index in [2.05, 4.69) is 25.9 Å². The third kappa shape index (κ3) is 3.50. The van der Waals surface area contributed by atoms with Crippen molar-refractivity contribution in [2.24, 2.45) is 0 Å². The topological polar surface area (TPSA) is 59.8 Å². The van der Waals surface area contributed by atoms with Gasteiger partial charge in [0.05, 0.1) is 12.2 Å². The van der Waals surface area contributed by atoms with Crippen LogP contribution in [0.1, 0.15) is 11.3 Å². The molecule has 5 nitrogen and oxygen atoms in total. The van der Waals surface area contributed by atoms with Crippen LogP contribution in [0.15, 0.2) is 66.4 Å². The second kappa shape index (κ2) is 7.49. The highest BCUT2D eigenvalue weighted by molar-refractivity contribution is 7.09. The number of aryl methyl sites for hydroxylation is 1. The molecule has 0 aliphatic rings. The van der Waals surface area contributed by atoms with Crippen LogP contribution in [0.4, 0.5) is 0 Å². The lowest BCUT2D eigenvalue weighted by Crippen LogP contribution is -2.23. The first-order valence-corrected chi connectivity index (χ1v) is 9.33. The molecule has 0 saturated heterocycles. The summed E-state index contributed by atoms with van der Waals surface area (Å²) >= 11 is 1.65. The summed E-state index contributed by atoms with van der Waals surface area (Å²) in [6, 6.07) is 14.0. The first-order chi connectivity index (χ1) is 12.8. The summed E-state index contributed by atoms with van der Waals surface area (Å²) in [4.78, 5) is 22.0. The number of thiophene rings is 1. The van der Waals surface area contributed by atoms with Gasteiger partial charge in [-0.3, -0.25) is 9.78 Å². The molecule has 26 heavy (non-hydrogen) atoms. The number of hydrogen-bond acceptors (Lipinski definition) is 4. The lowest BCUT2D eigenvalue weighted by atomic mass is 10.2. The van der Waals surface area contributed by atoms with Crippen LogP contribution < -0.4 is 5.32 Å². The predicted molar refractivity (Wildman–Crippen MR) is 104 cm³/mol. The van der Waals surface area contributed by atoms with Gasteiger partial charge in [0.15, 0.2) is 0 Å². The number of rotatable bonds is 6. The molecule has 4 heterocycles. The molecule has 0 spiro atoms. The fourth-order valence-corrected chi connectivity index (χ4v) is 3.62. The van der Waals surface area contributed by atoms with Crippen molar-refractivity contribution in [1.29, 1.82) is 0 Å². The summed E-state index contributed by atoms with van der Waals surface area (Å²) in [5.74, 6) is 0.0388. The van der Waals surface area contributed by atoms with Gasteiger partial charge in [-0.05, 0) is 41.8 Å². The Bertz CT molecular complexity index is 1010. The number of fused-ring (bicyclic) bond motifs is 1. The van der Waals surface area contributed by atoms with Gasteiger partial charge in [-0.2, -0.15) is 0 Å². The van der Waals surface area contributed by atoms with Gasteiger partial charge in [0.25, 0.3) is 0 Å². The van der Waals surface area contributed by atoms with Gasteiger partial charge in [0.2, 0.25) is 5.91 Å². The van der Waals surface area contributed by atoms with E-state index in [9.17, 15) is 4.79 Å². The third-order valence-electron chi connectivity index (χ3n) is 4.23. The van der Waals surface area contributed by atoms with Crippen LogP contribution in [0.25, 0.3) is 22.3 Å². The summed E-state index contributed by atoms with van der Waals surface area (Å²) in [7, 11) is 0. The van der Waals surface area contributed by atoms with E-state index < -0.39 is 0 Å². The van der Waals surface area contributed by atoms with Gasteiger partial charge in [0, 0.05) is 47.4 Å². The molecule has 4 rings (SSSR count). The van der Waals surface area contributed by atoms with E-state index in [-0.39, 0.29) is 5.91 Å². The van der Waals surface area contributed by atoms with E-state index >= 15 is 0 Å². The Labute approximate surface area is 155 Å². The smallest absolute Gasteiger partial charge is 0.222 e. The zero-order valence-corrected chi connectivity index (χ0v) is 14.9. The minimum Gasteiger partial charge on any atom is -0.351 e. The molecule has 1 N–H and O–H groups in total. The number of nitrogens with zero attached hydrogens (tertiary/aromatic N) is 3. The van der Waals surface area contributed by atoms with Crippen molar-refractivity contribution >= 4 is 28.3 Å². The van der Waals surface area contributed by atoms with Gasteiger partial charge in [-0.25, -0.2) is 4.98 Å². The minimum atomic E-state index is 0.0388. The molecule has 0 aliphatic carbocycles. The standard InChI is InChI=1S/C20H18N4OS/c25-19(23-14-17-4-2-12-26-17)7-11-24-18(15-5-9-21-10-6-15)13-16-3-1-8-22-20(16)24/h1-6,8-10,12-13H,7,11,14H2,(H,23,25). The maximum absolute atomic E-state index is 12.3. The molecular formula is C20H18N4OS. The van der Waals surface area contributed by atoms with Gasteiger partial charge in [-0.1, -0.05) is 6.07 Å². The van der Waals surface area contributed by atoms with E-state index in [0.29, 0.717) is 19.5 Å². The largest absolute Gasteiger partial charge is 0.351 e. The maximum atomic E-state index is 12.3. The lowest BCUT2D eigenvalue weighted by Gasteiger charge is -2.10. The molecule has 6 heteroatoms. The van der Waals surface area contributed by atoms with Crippen LogP contribution in [0.3, 0.4) is 0 Å². The zero-order valence-electron chi connectivity index (χ0n) is 14.1. The van der Waals surface area contributed by atoms with Crippen molar-refractivity contribution in [3.8, 4) is 11.3 Å². The fourth-order valence-electron chi connectivity index (χ4n) is 2.98. The number of carbonyl (C=O) groups is 1. The Balaban J connectivity index is 1.54. The van der Waals surface area contributed by atoms with Crippen molar-refractivity contribution in [2.45, 2.75) is 19.5 Å². The van der Waals surface area contributed by atoms with Crippen LogP contribution in [-0.2, 0) is 17.9 Å². The maximum Gasteiger partial charge on any atom is 0.222 e. The van der Waals surface area contributed by atoms with Crippen LogP contribution >= 0.6 is 11.3 Å². The third-order valence-corrected chi connectivity index (χ3v) is 5.11. The van der Waals surface area contributed by atoms with E-state index in [0.717, 1.165) is 27.2 Å². The number of pyridine rings is 2. The predicted octanol–water partition coefficient (Wildman–Crippen LogP) is 3.87. The highest BCUT2D eigenvalue weighted by Gasteiger charge is 2.13. The molecule has 0 saturated carbocycles. The first kappa shape index (κ1) is 16.5. The van der Waals surface area contributed by atoms with Crippen LogP contribution in [0.2, 0.25) is 0 Å². The number of aromatic nitrogens is 3. The van der Waals surface area contributed by atoms with Gasteiger partial charge < -0.3 is 9.88 Å². The van der Waals surface area contributed by atoms with E-state index in [1.165, 1.54) is 0 Å². The summed E-state index contributed by atoms with van der Waals surface area (Å²) in [6.07, 6.45) is 5.74. The molecule has 0 unspecified atom stereocenters. The average Bonchev–Trinajstić information content (AvgIpc) is 3.33. The van der Waals surface area contributed by atoms with Crippen molar-refractivity contribution in [1.82, 2.24) is 19.9 Å². The Morgan fingerprint density at radius 3 is 2.81 bits per heavy atom. The van der Waals surface area contributed by atoms with Crippen molar-refractivity contribution in [3.63, 3.8) is 0 Å². The minimum absolute atomic E-state index is 0.0388. The SMILES string of the molecule is O=C(CCn1c(-c2ccncc2)cc2cccnc21)NCc1cccs1. The normalized spacial score (nSPS) is 10.9. The van der Waals surface area contributed by atoms with Gasteiger partial charge in [0.1, 0.15) is 5.65 Å². The highest BCUT2D eigenvalue weighted by atomic mass is 32.1. The van der Waals surface area contributed by atoms with Crippen LogP contribution in [0, 0.1) is 0 Å². The molecule has 0 fully saturated rings. The van der Waals surface area contributed by atoms with Crippen molar-refractivity contribution in [2.75, 3.05) is 0 Å². The van der Waals surface area contributed by atoms with Crippen molar-refractivity contribution in [3.05, 3.63) is 71.3 Å². The number of nitrogens with one attached hydrogen (secondary N) is 1. The van der Waals surface area contributed by atoms with Crippen LogP contribution in [0.5, 0.6) is 0 Å². The Hall–Kier alpha value is -2.99. The quantitative estimate of drug-likeness (QED) is 0.566. The average molecular weight is 362 g/mol. The first-order valence-electron chi connectivity index (χ1n) is 8.45. The van der Waals surface area contributed by atoms with Crippen LogP contribution in [-0.4, -0.2) is 20.4 Å². The Kier molecular flexibility index (Phi) is 4.75. The molecule has 4 aromatic heterocycles. The van der Waals surface area contributed by atoms with E-state index in [1.54, 1.807) is 29.9 Å². The van der Waals surface area contributed by atoms with Crippen molar-refractivity contribution < 1.29 is 4.79 Å². The summed E-state index contributed by atoms with van der Waals surface area (Å²) in [5.41, 5.74) is 3.01. The lowest BCUT2D eigenvalue weighted by molar-refractivity contribution is -0.121.